The van der Waals surface area contributed by atoms with E-state index in [2.05, 4.69) is 63.2 Å². The van der Waals surface area contributed by atoms with Crippen LogP contribution in [0.25, 0.3) is 11.1 Å². The number of rotatable bonds is 7. The van der Waals surface area contributed by atoms with E-state index in [1.807, 2.05) is 12.1 Å². The van der Waals surface area contributed by atoms with E-state index in [1.165, 1.54) is 27.8 Å². The van der Waals surface area contributed by atoms with Crippen molar-refractivity contribution >= 4 is 5.97 Å². The molecule has 1 aliphatic carbocycles. The third-order valence-corrected chi connectivity index (χ3v) is 6.45. The molecule has 2 unspecified atom stereocenters. The molecule has 0 radical (unpaired) electrons. The summed E-state index contributed by atoms with van der Waals surface area (Å²) in [4.78, 5) is 11.2. The Morgan fingerprint density at radius 1 is 1.00 bits per heavy atom. The van der Waals surface area contributed by atoms with Crippen molar-refractivity contribution < 1.29 is 19.4 Å². The van der Waals surface area contributed by atoms with E-state index in [1.54, 1.807) is 7.11 Å². The maximum atomic E-state index is 11.2. The van der Waals surface area contributed by atoms with Crippen LogP contribution in [0, 0.1) is 13.8 Å². The molecule has 3 aromatic rings. The quantitative estimate of drug-likeness (QED) is 0.457. The van der Waals surface area contributed by atoms with Crippen molar-refractivity contribution in [2.45, 2.75) is 52.1 Å². The van der Waals surface area contributed by atoms with Crippen molar-refractivity contribution in [1.29, 1.82) is 0 Å². The molecule has 0 saturated carbocycles. The van der Waals surface area contributed by atoms with Gasteiger partial charge in [0.25, 0.3) is 0 Å². The van der Waals surface area contributed by atoms with Crippen LogP contribution in [-0.2, 0) is 11.4 Å². The minimum absolute atomic E-state index is 0.0965. The summed E-state index contributed by atoms with van der Waals surface area (Å²) >= 11 is 0. The average molecular weight is 431 g/mol. The highest BCUT2D eigenvalue weighted by Crippen LogP contribution is 2.44. The molecule has 3 aromatic carbocycles. The molecule has 0 saturated heterocycles. The van der Waals surface area contributed by atoms with Gasteiger partial charge < -0.3 is 14.6 Å². The molecule has 1 N–H and O–H groups in total. The van der Waals surface area contributed by atoms with Gasteiger partial charge in [0.15, 0.2) is 0 Å². The van der Waals surface area contributed by atoms with Crippen molar-refractivity contribution in [2.24, 2.45) is 0 Å². The number of carbonyl (C=O) groups is 1. The highest BCUT2D eigenvalue weighted by molar-refractivity contribution is 5.72. The molecule has 166 valence electrons. The SMILES string of the molecule is COc1cc(C)c(-c2cccc(COc3ccc4c(c3)C(C)CC4CC(=O)O)c2)c(C)c1. The van der Waals surface area contributed by atoms with E-state index in [0.29, 0.717) is 12.5 Å². The Labute approximate surface area is 189 Å². The van der Waals surface area contributed by atoms with Crippen molar-refractivity contribution in [1.82, 2.24) is 0 Å². The van der Waals surface area contributed by atoms with E-state index in [9.17, 15) is 9.90 Å². The lowest BCUT2D eigenvalue weighted by Crippen LogP contribution is -2.03. The number of fused-ring (bicyclic) bond motifs is 1. The van der Waals surface area contributed by atoms with Crippen LogP contribution < -0.4 is 9.47 Å². The first-order valence-electron chi connectivity index (χ1n) is 11.1. The molecule has 0 aromatic heterocycles. The molecule has 1 aliphatic rings. The van der Waals surface area contributed by atoms with Crippen LogP contribution in [0.3, 0.4) is 0 Å². The maximum absolute atomic E-state index is 11.2. The zero-order valence-electron chi connectivity index (χ0n) is 19.1. The fourth-order valence-electron chi connectivity index (χ4n) is 5.01. The summed E-state index contributed by atoms with van der Waals surface area (Å²) < 4.78 is 11.5. The Hall–Kier alpha value is -3.27. The Bertz CT molecular complexity index is 1120. The van der Waals surface area contributed by atoms with Gasteiger partial charge in [-0.1, -0.05) is 31.2 Å². The number of carboxylic acids is 1. The van der Waals surface area contributed by atoms with E-state index in [-0.39, 0.29) is 12.3 Å². The van der Waals surface area contributed by atoms with Crippen molar-refractivity contribution in [2.75, 3.05) is 7.11 Å². The van der Waals surface area contributed by atoms with E-state index >= 15 is 0 Å². The molecular weight excluding hydrogens is 400 g/mol. The van der Waals surface area contributed by atoms with Gasteiger partial charge in [-0.15, -0.1) is 0 Å². The number of aliphatic carboxylic acids is 1. The van der Waals surface area contributed by atoms with Gasteiger partial charge in [0.2, 0.25) is 0 Å². The number of aryl methyl sites for hydroxylation is 2. The summed E-state index contributed by atoms with van der Waals surface area (Å²) in [5.41, 5.74) is 8.24. The lowest BCUT2D eigenvalue weighted by atomic mass is 9.94. The summed E-state index contributed by atoms with van der Waals surface area (Å²) in [6.45, 7) is 6.86. The lowest BCUT2D eigenvalue weighted by Gasteiger charge is -2.14. The predicted octanol–water partition coefficient (Wildman–Crippen LogP) is 6.62. The number of carboxylic acid groups (broad SMARTS) is 1. The molecule has 0 spiro atoms. The number of benzene rings is 3. The molecule has 0 fully saturated rings. The highest BCUT2D eigenvalue weighted by atomic mass is 16.5. The van der Waals surface area contributed by atoms with Gasteiger partial charge in [-0.3, -0.25) is 4.79 Å². The fourth-order valence-corrected chi connectivity index (χ4v) is 5.01. The van der Waals surface area contributed by atoms with Crippen molar-refractivity contribution in [3.05, 3.63) is 82.4 Å². The first kappa shape index (κ1) is 21.9. The zero-order valence-corrected chi connectivity index (χ0v) is 19.1. The molecule has 0 heterocycles. The normalized spacial score (nSPS) is 17.1. The van der Waals surface area contributed by atoms with Crippen LogP contribution >= 0.6 is 0 Å². The van der Waals surface area contributed by atoms with Gasteiger partial charge in [-0.25, -0.2) is 0 Å². The highest BCUT2D eigenvalue weighted by Gasteiger charge is 2.30. The number of ether oxygens (including phenoxy) is 2. The summed E-state index contributed by atoms with van der Waals surface area (Å²) in [5, 5.41) is 9.18. The molecule has 4 heteroatoms. The minimum atomic E-state index is -0.738. The summed E-state index contributed by atoms with van der Waals surface area (Å²) in [5.74, 6) is 1.41. The number of hydrogen-bond acceptors (Lipinski definition) is 3. The molecular formula is C28H30O4. The molecule has 4 rings (SSSR count). The molecule has 0 bridgehead atoms. The maximum Gasteiger partial charge on any atom is 0.303 e. The number of hydrogen-bond donors (Lipinski definition) is 1. The third-order valence-electron chi connectivity index (χ3n) is 6.45. The van der Waals surface area contributed by atoms with Gasteiger partial charge in [0.05, 0.1) is 13.5 Å². The first-order valence-corrected chi connectivity index (χ1v) is 11.1. The average Bonchev–Trinajstić information content (AvgIpc) is 3.06. The molecule has 4 nitrogen and oxygen atoms in total. The van der Waals surface area contributed by atoms with Crippen molar-refractivity contribution in [3.63, 3.8) is 0 Å². The molecule has 2 atom stereocenters. The Balaban J connectivity index is 1.51. The van der Waals surface area contributed by atoms with Gasteiger partial charge in [-0.05, 0) is 101 Å². The van der Waals surface area contributed by atoms with Crippen molar-refractivity contribution in [3.8, 4) is 22.6 Å². The van der Waals surface area contributed by atoms with Gasteiger partial charge in [0, 0.05) is 0 Å². The van der Waals surface area contributed by atoms with Crippen LogP contribution in [0.1, 0.15) is 59.4 Å². The smallest absolute Gasteiger partial charge is 0.303 e. The first-order chi connectivity index (χ1) is 15.4. The second kappa shape index (κ2) is 9.07. The zero-order chi connectivity index (χ0) is 22.8. The number of methoxy groups -OCH3 is 1. The molecule has 0 amide bonds. The minimum Gasteiger partial charge on any atom is -0.497 e. The topological polar surface area (TPSA) is 55.8 Å². The van der Waals surface area contributed by atoms with Crippen LogP contribution in [0.2, 0.25) is 0 Å². The monoisotopic (exact) mass is 430 g/mol. The van der Waals surface area contributed by atoms with Crippen LogP contribution in [0.15, 0.2) is 54.6 Å². The van der Waals surface area contributed by atoms with Gasteiger partial charge in [0.1, 0.15) is 18.1 Å². The summed E-state index contributed by atoms with van der Waals surface area (Å²) in [6.07, 6.45) is 1.07. The van der Waals surface area contributed by atoms with Crippen LogP contribution in [-0.4, -0.2) is 18.2 Å². The lowest BCUT2D eigenvalue weighted by molar-refractivity contribution is -0.137. The van der Waals surface area contributed by atoms with Crippen LogP contribution in [0.4, 0.5) is 0 Å². The Kier molecular flexibility index (Phi) is 6.22. The second-order valence-corrected chi connectivity index (χ2v) is 8.85. The van der Waals surface area contributed by atoms with Gasteiger partial charge in [-0.2, -0.15) is 0 Å². The van der Waals surface area contributed by atoms with E-state index < -0.39 is 5.97 Å². The Morgan fingerprint density at radius 3 is 2.44 bits per heavy atom. The van der Waals surface area contributed by atoms with Gasteiger partial charge >= 0.3 is 5.97 Å². The molecule has 32 heavy (non-hydrogen) atoms. The van der Waals surface area contributed by atoms with Crippen LogP contribution in [0.5, 0.6) is 11.5 Å². The molecule has 0 aliphatic heterocycles. The van der Waals surface area contributed by atoms with E-state index in [4.69, 9.17) is 9.47 Å². The fraction of sp³-hybridized carbons (Fsp3) is 0.321. The standard InChI is InChI=1S/C28H30O4/c1-17-10-22(14-27(29)30)25-9-8-23(15-26(17)25)32-16-20-6-5-7-21(13-20)28-18(2)11-24(31-4)12-19(28)3/h5-9,11-13,15,17,22H,10,14,16H2,1-4H3,(H,29,30). The summed E-state index contributed by atoms with van der Waals surface area (Å²) in [6, 6.07) is 18.7. The Morgan fingerprint density at radius 2 is 1.75 bits per heavy atom. The predicted molar refractivity (Wildman–Crippen MR) is 127 cm³/mol. The summed E-state index contributed by atoms with van der Waals surface area (Å²) in [7, 11) is 1.69. The second-order valence-electron chi connectivity index (χ2n) is 8.85. The largest absolute Gasteiger partial charge is 0.497 e. The van der Waals surface area contributed by atoms with E-state index in [0.717, 1.165) is 29.0 Å². The third kappa shape index (κ3) is 4.50.